The van der Waals surface area contributed by atoms with E-state index in [2.05, 4.69) is 0 Å². The molecule has 9 heteroatoms. The molecule has 0 aromatic carbocycles. The zero-order valence-electron chi connectivity index (χ0n) is 9.04. The molecular weight excluding hydrogens is 243 g/mol. The Hall–Kier alpha value is -1.19. The standard InChI is InChI=1S/C8H13F3N2O3.H3N/c9-8(10,11)6(14)4(12)2-1-3-5(13)7(15)16;/h4-5H,1-3,12-13H2,(H,15,16);1H3. The largest absolute Gasteiger partial charge is 0.480 e. The molecule has 0 fully saturated rings. The average Bonchev–Trinajstić information content (AvgIpc) is 2.14. The number of alkyl halides is 3. The van der Waals surface area contributed by atoms with E-state index in [0.717, 1.165) is 0 Å². The second-order valence-corrected chi connectivity index (χ2v) is 3.34. The van der Waals surface area contributed by atoms with Crippen molar-refractivity contribution in [3.8, 4) is 0 Å². The van der Waals surface area contributed by atoms with Gasteiger partial charge < -0.3 is 22.7 Å². The first-order chi connectivity index (χ1) is 7.16. The fourth-order valence-corrected chi connectivity index (χ4v) is 1.02. The second kappa shape index (κ2) is 7.20. The summed E-state index contributed by atoms with van der Waals surface area (Å²) in [7, 11) is 0. The maximum atomic E-state index is 11.9. The minimum atomic E-state index is -4.95. The van der Waals surface area contributed by atoms with E-state index in [-0.39, 0.29) is 25.4 Å². The van der Waals surface area contributed by atoms with E-state index < -0.39 is 30.0 Å². The Bertz CT molecular complexity index is 270. The molecular formula is C8H16F3N3O3. The van der Waals surface area contributed by atoms with Crippen LogP contribution in [0.3, 0.4) is 0 Å². The molecule has 0 saturated carbocycles. The fourth-order valence-electron chi connectivity index (χ4n) is 1.02. The first kappa shape index (κ1) is 18.2. The summed E-state index contributed by atoms with van der Waals surface area (Å²) in [5, 5.41) is 8.38. The topological polar surface area (TPSA) is 141 Å². The summed E-state index contributed by atoms with van der Waals surface area (Å²) in [6.45, 7) is 0. The van der Waals surface area contributed by atoms with Crippen LogP contribution in [-0.2, 0) is 9.59 Å². The fraction of sp³-hybridized carbons (Fsp3) is 0.750. The molecule has 0 aliphatic rings. The highest BCUT2D eigenvalue weighted by Crippen LogP contribution is 2.19. The Morgan fingerprint density at radius 1 is 1.12 bits per heavy atom. The van der Waals surface area contributed by atoms with Crippen molar-refractivity contribution in [1.29, 1.82) is 0 Å². The predicted molar refractivity (Wildman–Crippen MR) is 53.5 cm³/mol. The highest BCUT2D eigenvalue weighted by Gasteiger charge is 2.41. The minimum absolute atomic E-state index is 0. The number of carboxylic acids is 1. The third kappa shape index (κ3) is 6.87. The van der Waals surface area contributed by atoms with Crippen molar-refractivity contribution in [3.63, 3.8) is 0 Å². The number of carboxylic acid groups (broad SMARTS) is 1. The van der Waals surface area contributed by atoms with Crippen molar-refractivity contribution in [2.24, 2.45) is 11.5 Å². The van der Waals surface area contributed by atoms with E-state index in [4.69, 9.17) is 16.6 Å². The highest BCUT2D eigenvalue weighted by atomic mass is 19.4. The molecule has 0 bridgehead atoms. The Labute approximate surface area is 95.7 Å². The van der Waals surface area contributed by atoms with Crippen LogP contribution in [0, 0.1) is 0 Å². The summed E-state index contributed by atoms with van der Waals surface area (Å²) in [6.07, 6.45) is -5.15. The third-order valence-corrected chi connectivity index (χ3v) is 1.96. The summed E-state index contributed by atoms with van der Waals surface area (Å²) in [6, 6.07) is -2.80. The van der Waals surface area contributed by atoms with Gasteiger partial charge in [0, 0.05) is 0 Å². The Balaban J connectivity index is 0. The van der Waals surface area contributed by atoms with Gasteiger partial charge in [-0.15, -0.1) is 0 Å². The van der Waals surface area contributed by atoms with Gasteiger partial charge in [-0.3, -0.25) is 9.59 Å². The molecule has 17 heavy (non-hydrogen) atoms. The van der Waals surface area contributed by atoms with Crippen LogP contribution >= 0.6 is 0 Å². The molecule has 0 aromatic rings. The molecule has 0 amide bonds. The Morgan fingerprint density at radius 3 is 1.88 bits per heavy atom. The summed E-state index contributed by atoms with van der Waals surface area (Å²) >= 11 is 0. The second-order valence-electron chi connectivity index (χ2n) is 3.34. The lowest BCUT2D eigenvalue weighted by atomic mass is 10.0. The van der Waals surface area contributed by atoms with E-state index in [9.17, 15) is 22.8 Å². The lowest BCUT2D eigenvalue weighted by molar-refractivity contribution is -0.172. The summed E-state index contributed by atoms with van der Waals surface area (Å²) in [5.74, 6) is -3.24. The van der Waals surface area contributed by atoms with Crippen LogP contribution in [0.25, 0.3) is 0 Å². The van der Waals surface area contributed by atoms with Gasteiger partial charge in [-0.1, -0.05) is 0 Å². The molecule has 2 unspecified atom stereocenters. The number of carbonyl (C=O) groups is 2. The van der Waals surface area contributed by atoms with Gasteiger partial charge in [-0.25, -0.2) is 0 Å². The van der Waals surface area contributed by atoms with Gasteiger partial charge in [0.15, 0.2) is 0 Å². The van der Waals surface area contributed by atoms with Crippen molar-refractivity contribution >= 4 is 11.8 Å². The van der Waals surface area contributed by atoms with Gasteiger partial charge in [-0.2, -0.15) is 13.2 Å². The monoisotopic (exact) mass is 259 g/mol. The number of ketones is 1. The number of Topliss-reactive ketones (excluding diaryl/α,β-unsaturated/α-hetero) is 1. The number of carbonyl (C=O) groups excluding carboxylic acids is 1. The van der Waals surface area contributed by atoms with Crippen molar-refractivity contribution in [1.82, 2.24) is 6.15 Å². The van der Waals surface area contributed by atoms with Crippen LogP contribution in [0.1, 0.15) is 19.3 Å². The van der Waals surface area contributed by atoms with Gasteiger partial charge in [0.05, 0.1) is 6.04 Å². The van der Waals surface area contributed by atoms with Crippen LogP contribution < -0.4 is 17.6 Å². The van der Waals surface area contributed by atoms with Gasteiger partial charge >= 0.3 is 12.1 Å². The van der Waals surface area contributed by atoms with Crippen LogP contribution in [-0.4, -0.2) is 35.1 Å². The molecule has 0 saturated heterocycles. The van der Waals surface area contributed by atoms with Gasteiger partial charge in [0.25, 0.3) is 5.78 Å². The molecule has 8 N–H and O–H groups in total. The maximum Gasteiger partial charge on any atom is 0.451 e. The first-order valence-corrected chi connectivity index (χ1v) is 4.51. The van der Waals surface area contributed by atoms with E-state index >= 15 is 0 Å². The normalized spacial score (nSPS) is 14.6. The average molecular weight is 259 g/mol. The molecule has 6 nitrogen and oxygen atoms in total. The summed E-state index contributed by atoms with van der Waals surface area (Å²) in [5.41, 5.74) is 10.1. The van der Waals surface area contributed by atoms with E-state index in [1.165, 1.54) is 0 Å². The maximum absolute atomic E-state index is 11.9. The number of hydrogen-bond acceptors (Lipinski definition) is 5. The van der Waals surface area contributed by atoms with Crippen LogP contribution in [0.5, 0.6) is 0 Å². The molecule has 0 spiro atoms. The molecule has 0 aliphatic carbocycles. The smallest absolute Gasteiger partial charge is 0.451 e. The Kier molecular flexibility index (Phi) is 7.70. The lowest BCUT2D eigenvalue weighted by Crippen LogP contribution is -2.40. The van der Waals surface area contributed by atoms with Gasteiger partial charge in [0.1, 0.15) is 6.04 Å². The third-order valence-electron chi connectivity index (χ3n) is 1.96. The zero-order valence-corrected chi connectivity index (χ0v) is 9.04. The number of hydrogen-bond donors (Lipinski definition) is 4. The van der Waals surface area contributed by atoms with Crippen LogP contribution in [0.15, 0.2) is 0 Å². The van der Waals surface area contributed by atoms with Crippen molar-refractivity contribution < 1.29 is 27.9 Å². The summed E-state index contributed by atoms with van der Waals surface area (Å²) < 4.78 is 35.6. The number of aliphatic carboxylic acids is 1. The zero-order chi connectivity index (χ0) is 12.9. The van der Waals surface area contributed by atoms with E-state index in [0.29, 0.717) is 0 Å². The molecule has 0 radical (unpaired) electrons. The molecule has 0 aromatic heterocycles. The van der Waals surface area contributed by atoms with Crippen molar-refractivity contribution in [3.05, 3.63) is 0 Å². The van der Waals surface area contributed by atoms with Gasteiger partial charge in [0.2, 0.25) is 0 Å². The Morgan fingerprint density at radius 2 is 1.53 bits per heavy atom. The molecule has 0 rings (SSSR count). The SMILES string of the molecule is N.NC(CCCC(N)C(=O)C(F)(F)F)C(=O)O. The molecule has 0 heterocycles. The molecule has 2 atom stereocenters. The summed E-state index contributed by atoms with van der Waals surface area (Å²) in [4.78, 5) is 20.8. The lowest BCUT2D eigenvalue weighted by Gasteiger charge is -2.13. The number of nitrogens with two attached hydrogens (primary N) is 2. The predicted octanol–water partition coefficient (Wildman–Crippen LogP) is 0.189. The highest BCUT2D eigenvalue weighted by molar-refractivity contribution is 5.88. The van der Waals surface area contributed by atoms with Gasteiger partial charge in [-0.05, 0) is 19.3 Å². The number of rotatable bonds is 6. The van der Waals surface area contributed by atoms with Crippen molar-refractivity contribution in [2.75, 3.05) is 0 Å². The minimum Gasteiger partial charge on any atom is -0.480 e. The van der Waals surface area contributed by atoms with Crippen molar-refractivity contribution in [2.45, 2.75) is 37.5 Å². The van der Waals surface area contributed by atoms with E-state index in [1.807, 2.05) is 0 Å². The molecule has 102 valence electrons. The van der Waals surface area contributed by atoms with Crippen LogP contribution in [0.4, 0.5) is 13.2 Å². The number of halogens is 3. The van der Waals surface area contributed by atoms with E-state index in [1.54, 1.807) is 0 Å². The quantitative estimate of drug-likeness (QED) is 0.536. The molecule has 0 aliphatic heterocycles. The van der Waals surface area contributed by atoms with Crippen LogP contribution in [0.2, 0.25) is 0 Å². The first-order valence-electron chi connectivity index (χ1n) is 4.51.